The maximum atomic E-state index is 9.45. The minimum absolute atomic E-state index is 0.239. The van der Waals surface area contributed by atoms with E-state index in [9.17, 15) is 5.11 Å². The third-order valence-electron chi connectivity index (χ3n) is 2.29. The molecule has 0 bridgehead atoms. The Morgan fingerprint density at radius 1 is 1.21 bits per heavy atom. The van der Waals surface area contributed by atoms with Gasteiger partial charge in [-0.3, -0.25) is 0 Å². The van der Waals surface area contributed by atoms with Crippen molar-refractivity contribution >= 4 is 9.04 Å². The molecular formula is C11H23O2Si. The van der Waals surface area contributed by atoms with Gasteiger partial charge in [-0.2, -0.15) is 0 Å². The van der Waals surface area contributed by atoms with Crippen molar-refractivity contribution in [2.24, 2.45) is 11.3 Å². The van der Waals surface area contributed by atoms with Crippen LogP contribution in [0.2, 0.25) is 13.1 Å². The fraction of sp³-hybridized carbons (Fsp3) is 0.818. The van der Waals surface area contributed by atoms with Gasteiger partial charge in [-0.1, -0.05) is 33.8 Å². The molecule has 0 aromatic carbocycles. The minimum Gasteiger partial charge on any atom is -0.390 e. The SMILES string of the molecule is CC(/C=C/C(O)O[Si](C)C)C(C)(C)C. The molecule has 14 heavy (non-hydrogen) atoms. The third-order valence-corrected chi connectivity index (χ3v) is 3.00. The van der Waals surface area contributed by atoms with Crippen molar-refractivity contribution in [1.29, 1.82) is 0 Å². The van der Waals surface area contributed by atoms with Crippen molar-refractivity contribution in [1.82, 2.24) is 0 Å². The van der Waals surface area contributed by atoms with Gasteiger partial charge in [0.05, 0.1) is 0 Å². The monoisotopic (exact) mass is 215 g/mol. The van der Waals surface area contributed by atoms with E-state index in [0.29, 0.717) is 5.92 Å². The second-order valence-electron chi connectivity index (χ2n) is 4.96. The minimum atomic E-state index is -0.817. The Hall–Kier alpha value is -0.123. The molecule has 1 N–H and O–H groups in total. The fourth-order valence-electron chi connectivity index (χ4n) is 0.831. The summed E-state index contributed by atoms with van der Waals surface area (Å²) in [6.07, 6.45) is 3.03. The van der Waals surface area contributed by atoms with Crippen LogP contribution in [-0.2, 0) is 4.43 Å². The number of aliphatic hydroxyl groups is 1. The van der Waals surface area contributed by atoms with Crippen LogP contribution < -0.4 is 0 Å². The molecule has 0 aliphatic heterocycles. The lowest BCUT2D eigenvalue weighted by Crippen LogP contribution is -2.19. The Bertz CT molecular complexity index is 182. The molecule has 83 valence electrons. The van der Waals surface area contributed by atoms with Crippen LogP contribution in [0.25, 0.3) is 0 Å². The summed E-state index contributed by atoms with van der Waals surface area (Å²) < 4.78 is 5.28. The standard InChI is InChI=1S/C11H23O2Si/c1-9(11(2,3)4)7-8-10(12)13-14(5)6/h7-10,12H,1-6H3/b8-7+. The average molecular weight is 215 g/mol. The molecule has 0 rings (SSSR count). The molecule has 0 aliphatic carbocycles. The first-order valence-corrected chi connectivity index (χ1v) is 7.47. The van der Waals surface area contributed by atoms with E-state index in [1.54, 1.807) is 6.08 Å². The van der Waals surface area contributed by atoms with Crippen molar-refractivity contribution in [3.05, 3.63) is 12.2 Å². The zero-order valence-electron chi connectivity index (χ0n) is 10.2. The molecule has 2 atom stereocenters. The van der Waals surface area contributed by atoms with Crippen molar-refractivity contribution < 1.29 is 9.53 Å². The first-order valence-electron chi connectivity index (χ1n) is 5.06. The normalized spacial score (nSPS) is 17.7. The Labute approximate surface area is 89.7 Å². The Morgan fingerprint density at radius 3 is 2.07 bits per heavy atom. The molecule has 3 heteroatoms. The van der Waals surface area contributed by atoms with E-state index in [1.807, 2.05) is 19.2 Å². The summed E-state index contributed by atoms with van der Waals surface area (Å²) in [6, 6.07) is 0. The summed E-state index contributed by atoms with van der Waals surface area (Å²) in [7, 11) is -0.817. The van der Waals surface area contributed by atoms with Crippen LogP contribution in [0.3, 0.4) is 0 Å². The van der Waals surface area contributed by atoms with Crippen molar-refractivity contribution in [2.75, 3.05) is 0 Å². The average Bonchev–Trinajstić information content (AvgIpc) is 1.96. The molecule has 0 saturated heterocycles. The van der Waals surface area contributed by atoms with E-state index in [0.717, 1.165) is 0 Å². The van der Waals surface area contributed by atoms with Crippen molar-refractivity contribution in [2.45, 2.75) is 47.1 Å². The second kappa shape index (κ2) is 5.68. The topological polar surface area (TPSA) is 29.5 Å². The van der Waals surface area contributed by atoms with Crippen LogP contribution >= 0.6 is 0 Å². The molecule has 0 fully saturated rings. The molecular weight excluding hydrogens is 192 g/mol. The molecule has 0 spiro atoms. The highest BCUT2D eigenvalue weighted by atomic mass is 28.3. The van der Waals surface area contributed by atoms with Gasteiger partial charge in [0.25, 0.3) is 0 Å². The van der Waals surface area contributed by atoms with Crippen LogP contribution in [0.5, 0.6) is 0 Å². The van der Waals surface area contributed by atoms with E-state index < -0.39 is 15.3 Å². The van der Waals surface area contributed by atoms with Crippen molar-refractivity contribution in [3.63, 3.8) is 0 Å². The van der Waals surface area contributed by atoms with Gasteiger partial charge in [0, 0.05) is 0 Å². The number of hydrogen-bond donors (Lipinski definition) is 1. The number of rotatable bonds is 4. The lowest BCUT2D eigenvalue weighted by atomic mass is 9.82. The molecule has 2 unspecified atom stereocenters. The zero-order valence-corrected chi connectivity index (χ0v) is 11.2. The maximum Gasteiger partial charge on any atom is 0.208 e. The van der Waals surface area contributed by atoms with Gasteiger partial charge in [0.1, 0.15) is 0 Å². The number of aliphatic hydroxyl groups excluding tert-OH is 1. The lowest BCUT2D eigenvalue weighted by Gasteiger charge is -2.24. The van der Waals surface area contributed by atoms with Gasteiger partial charge >= 0.3 is 0 Å². The highest BCUT2D eigenvalue weighted by Gasteiger charge is 2.17. The van der Waals surface area contributed by atoms with Crippen molar-refractivity contribution in [3.8, 4) is 0 Å². The van der Waals surface area contributed by atoms with Crippen LogP contribution in [0.1, 0.15) is 27.7 Å². The summed E-state index contributed by atoms with van der Waals surface area (Å²) in [5.74, 6) is 0.435. The molecule has 0 saturated carbocycles. The van der Waals surface area contributed by atoms with E-state index in [1.165, 1.54) is 0 Å². The van der Waals surface area contributed by atoms with Crippen LogP contribution in [0.4, 0.5) is 0 Å². The number of hydrogen-bond acceptors (Lipinski definition) is 2. The molecule has 1 radical (unpaired) electrons. The summed E-state index contributed by atoms with van der Waals surface area (Å²) in [6.45, 7) is 12.7. The fourth-order valence-corrected chi connectivity index (χ4v) is 1.39. The first kappa shape index (κ1) is 13.9. The van der Waals surface area contributed by atoms with Gasteiger partial charge in [0.15, 0.2) is 6.29 Å². The van der Waals surface area contributed by atoms with Crippen LogP contribution in [0, 0.1) is 11.3 Å². The summed E-state index contributed by atoms with van der Waals surface area (Å²) in [4.78, 5) is 0. The highest BCUT2D eigenvalue weighted by molar-refractivity contribution is 6.48. The van der Waals surface area contributed by atoms with Gasteiger partial charge in [-0.25, -0.2) is 0 Å². The Morgan fingerprint density at radius 2 is 1.71 bits per heavy atom. The lowest BCUT2D eigenvalue weighted by molar-refractivity contribution is 0.0230. The van der Waals surface area contributed by atoms with Gasteiger partial charge in [0.2, 0.25) is 9.04 Å². The molecule has 0 amide bonds. The van der Waals surface area contributed by atoms with Gasteiger partial charge in [-0.05, 0) is 30.5 Å². The largest absolute Gasteiger partial charge is 0.390 e. The first-order chi connectivity index (χ1) is 6.23. The molecule has 2 nitrogen and oxygen atoms in total. The predicted molar refractivity (Wildman–Crippen MR) is 62.3 cm³/mol. The van der Waals surface area contributed by atoms with Crippen LogP contribution in [0.15, 0.2) is 12.2 Å². The maximum absolute atomic E-state index is 9.45. The van der Waals surface area contributed by atoms with E-state index in [4.69, 9.17) is 4.43 Å². The predicted octanol–water partition coefficient (Wildman–Crippen LogP) is 2.81. The molecule has 0 heterocycles. The second-order valence-corrected chi connectivity index (χ2v) is 7.01. The summed E-state index contributed by atoms with van der Waals surface area (Å²) >= 11 is 0. The third kappa shape index (κ3) is 6.35. The zero-order chi connectivity index (χ0) is 11.4. The molecule has 0 aromatic heterocycles. The number of allylic oxidation sites excluding steroid dienone is 1. The van der Waals surface area contributed by atoms with E-state index >= 15 is 0 Å². The Kier molecular flexibility index (Phi) is 5.63. The molecule has 0 aliphatic rings. The van der Waals surface area contributed by atoms with E-state index in [-0.39, 0.29) is 5.41 Å². The summed E-state index contributed by atoms with van der Waals surface area (Å²) in [5.41, 5.74) is 0.239. The van der Waals surface area contributed by atoms with Gasteiger partial charge < -0.3 is 9.53 Å². The molecule has 0 aromatic rings. The van der Waals surface area contributed by atoms with E-state index in [2.05, 4.69) is 27.7 Å². The van der Waals surface area contributed by atoms with Crippen LogP contribution in [-0.4, -0.2) is 20.4 Å². The highest BCUT2D eigenvalue weighted by Crippen LogP contribution is 2.26. The quantitative estimate of drug-likeness (QED) is 0.444. The summed E-state index contributed by atoms with van der Waals surface area (Å²) in [5, 5.41) is 9.45. The smallest absolute Gasteiger partial charge is 0.208 e. The Balaban J connectivity index is 4.04. The van der Waals surface area contributed by atoms with Gasteiger partial charge in [-0.15, -0.1) is 0 Å².